The summed E-state index contributed by atoms with van der Waals surface area (Å²) in [4.78, 5) is 0. The van der Waals surface area contributed by atoms with Gasteiger partial charge in [-0.3, -0.25) is 0 Å². The largest absolute Gasteiger partial charge is 0.381 e. The smallest absolute Gasteiger partial charge is 0.0509 e. The van der Waals surface area contributed by atoms with Crippen molar-refractivity contribution < 1.29 is 4.74 Å². The second-order valence-electron chi connectivity index (χ2n) is 5.22. The highest BCUT2D eigenvalue weighted by atomic mass is 16.5. The first-order valence-corrected chi connectivity index (χ1v) is 7.16. The summed E-state index contributed by atoms with van der Waals surface area (Å²) in [6.07, 6.45) is 3.66. The third-order valence-corrected chi connectivity index (χ3v) is 4.14. The molecule has 18 heavy (non-hydrogen) atoms. The maximum atomic E-state index is 5.66. The van der Waals surface area contributed by atoms with Crippen LogP contribution in [0.4, 0.5) is 0 Å². The monoisotopic (exact) mass is 247 g/mol. The van der Waals surface area contributed by atoms with Crippen molar-refractivity contribution in [2.24, 2.45) is 5.92 Å². The molecular weight excluding hydrogens is 222 g/mol. The molecule has 0 aromatic heterocycles. The number of hydrogen-bond donors (Lipinski definition) is 1. The molecule has 0 aliphatic carbocycles. The van der Waals surface area contributed by atoms with Gasteiger partial charge in [0.1, 0.15) is 0 Å². The summed E-state index contributed by atoms with van der Waals surface area (Å²) >= 11 is 0. The number of benzene rings is 1. The molecule has 1 aliphatic rings. The zero-order valence-corrected chi connectivity index (χ0v) is 11.6. The fraction of sp³-hybridized carbons (Fsp3) is 0.625. The third kappa shape index (κ3) is 3.12. The molecule has 3 atom stereocenters. The summed E-state index contributed by atoms with van der Waals surface area (Å²) < 4.78 is 5.66. The van der Waals surface area contributed by atoms with Crippen LogP contribution in [-0.2, 0) is 4.74 Å². The van der Waals surface area contributed by atoms with Crippen LogP contribution >= 0.6 is 0 Å². The van der Waals surface area contributed by atoms with Crippen LogP contribution in [0.5, 0.6) is 0 Å². The van der Waals surface area contributed by atoms with Crippen molar-refractivity contribution >= 4 is 0 Å². The minimum atomic E-state index is 0.526. The van der Waals surface area contributed by atoms with E-state index in [-0.39, 0.29) is 0 Å². The summed E-state index contributed by atoms with van der Waals surface area (Å²) in [5, 5.41) is 3.54. The molecule has 0 saturated carbocycles. The van der Waals surface area contributed by atoms with Crippen LogP contribution < -0.4 is 5.32 Å². The second kappa shape index (κ2) is 6.91. The van der Waals surface area contributed by atoms with Gasteiger partial charge in [-0.15, -0.1) is 0 Å². The van der Waals surface area contributed by atoms with Gasteiger partial charge in [0, 0.05) is 12.6 Å². The quantitative estimate of drug-likeness (QED) is 0.862. The minimum absolute atomic E-state index is 0.526. The molecule has 2 nitrogen and oxygen atoms in total. The zero-order valence-electron chi connectivity index (χ0n) is 11.6. The molecular formula is C16H25NO. The Bertz CT molecular complexity index is 332. The van der Waals surface area contributed by atoms with Gasteiger partial charge in [0.05, 0.1) is 6.61 Å². The average molecular weight is 247 g/mol. The van der Waals surface area contributed by atoms with E-state index in [9.17, 15) is 0 Å². The van der Waals surface area contributed by atoms with Crippen LogP contribution in [0, 0.1) is 5.92 Å². The summed E-state index contributed by atoms with van der Waals surface area (Å²) in [6, 6.07) is 11.4. The van der Waals surface area contributed by atoms with E-state index in [4.69, 9.17) is 4.74 Å². The van der Waals surface area contributed by atoms with E-state index in [0.717, 1.165) is 13.2 Å². The van der Waals surface area contributed by atoms with Crippen LogP contribution in [0.3, 0.4) is 0 Å². The number of ether oxygens (including phenoxy) is 1. The third-order valence-electron chi connectivity index (χ3n) is 4.14. The van der Waals surface area contributed by atoms with Crippen LogP contribution in [0.1, 0.15) is 37.7 Å². The van der Waals surface area contributed by atoms with Gasteiger partial charge in [-0.2, -0.15) is 0 Å². The summed E-state index contributed by atoms with van der Waals surface area (Å²) in [5.74, 6) is 1.23. The number of hydrogen-bond acceptors (Lipinski definition) is 2. The Kier molecular flexibility index (Phi) is 5.21. The van der Waals surface area contributed by atoms with Gasteiger partial charge < -0.3 is 10.1 Å². The first-order chi connectivity index (χ1) is 8.86. The van der Waals surface area contributed by atoms with Gasteiger partial charge >= 0.3 is 0 Å². The molecule has 1 aromatic rings. The summed E-state index contributed by atoms with van der Waals surface area (Å²) in [7, 11) is 2.09. The molecule has 1 saturated heterocycles. The van der Waals surface area contributed by atoms with Crippen LogP contribution in [0.2, 0.25) is 0 Å². The van der Waals surface area contributed by atoms with Crippen molar-refractivity contribution in [3.05, 3.63) is 35.9 Å². The SMILES string of the molecule is CCC(c1ccccc1)C(NC)C1CCCOC1. The number of rotatable bonds is 5. The van der Waals surface area contributed by atoms with Crippen molar-refractivity contribution in [3.63, 3.8) is 0 Å². The standard InChI is InChI=1S/C16H25NO/c1-3-15(13-8-5-4-6-9-13)16(17-2)14-10-7-11-18-12-14/h4-6,8-9,14-17H,3,7,10-12H2,1-2H3. The molecule has 1 aliphatic heterocycles. The van der Waals surface area contributed by atoms with Gasteiger partial charge in [-0.1, -0.05) is 37.3 Å². The van der Waals surface area contributed by atoms with E-state index in [2.05, 4.69) is 49.6 Å². The molecule has 0 radical (unpaired) electrons. The van der Waals surface area contributed by atoms with E-state index < -0.39 is 0 Å². The maximum absolute atomic E-state index is 5.66. The molecule has 3 unspecified atom stereocenters. The summed E-state index contributed by atoms with van der Waals surface area (Å²) in [6.45, 7) is 4.13. The normalized spacial score (nSPS) is 23.6. The van der Waals surface area contributed by atoms with Crippen LogP contribution in [0.15, 0.2) is 30.3 Å². The van der Waals surface area contributed by atoms with Gasteiger partial charge in [-0.25, -0.2) is 0 Å². The van der Waals surface area contributed by atoms with Crippen molar-refractivity contribution in [3.8, 4) is 0 Å². The van der Waals surface area contributed by atoms with Crippen LogP contribution in [0.25, 0.3) is 0 Å². The lowest BCUT2D eigenvalue weighted by molar-refractivity contribution is 0.0357. The predicted octanol–water partition coefficient (Wildman–Crippen LogP) is 3.19. The molecule has 1 heterocycles. The number of likely N-dealkylation sites (N-methyl/N-ethyl adjacent to an activating group) is 1. The zero-order chi connectivity index (χ0) is 12.8. The van der Waals surface area contributed by atoms with Gasteiger partial charge in [0.2, 0.25) is 0 Å². The minimum Gasteiger partial charge on any atom is -0.381 e. The summed E-state index contributed by atoms with van der Waals surface area (Å²) in [5.41, 5.74) is 1.45. The van der Waals surface area contributed by atoms with E-state index in [1.807, 2.05) is 0 Å². The van der Waals surface area contributed by atoms with Crippen molar-refractivity contribution in [1.29, 1.82) is 0 Å². The highest BCUT2D eigenvalue weighted by Gasteiger charge is 2.29. The Morgan fingerprint density at radius 3 is 2.67 bits per heavy atom. The van der Waals surface area contributed by atoms with Crippen molar-refractivity contribution in [2.45, 2.75) is 38.1 Å². The lowest BCUT2D eigenvalue weighted by Gasteiger charge is -2.35. The molecule has 100 valence electrons. The number of nitrogens with one attached hydrogen (secondary N) is 1. The Hall–Kier alpha value is -0.860. The highest BCUT2D eigenvalue weighted by Crippen LogP contribution is 2.31. The molecule has 0 amide bonds. The lowest BCUT2D eigenvalue weighted by atomic mass is 9.80. The molecule has 0 bridgehead atoms. The Morgan fingerprint density at radius 2 is 2.11 bits per heavy atom. The molecule has 2 rings (SSSR count). The highest BCUT2D eigenvalue weighted by molar-refractivity contribution is 5.21. The first-order valence-electron chi connectivity index (χ1n) is 7.16. The van der Waals surface area contributed by atoms with E-state index in [0.29, 0.717) is 17.9 Å². The van der Waals surface area contributed by atoms with Crippen molar-refractivity contribution in [1.82, 2.24) is 5.32 Å². The molecule has 0 spiro atoms. The van der Waals surface area contributed by atoms with Crippen LogP contribution in [-0.4, -0.2) is 26.3 Å². The average Bonchev–Trinajstić information content (AvgIpc) is 2.46. The fourth-order valence-electron chi connectivity index (χ4n) is 3.21. The fourth-order valence-corrected chi connectivity index (χ4v) is 3.21. The maximum Gasteiger partial charge on any atom is 0.0509 e. The van der Waals surface area contributed by atoms with E-state index in [1.165, 1.54) is 24.8 Å². The van der Waals surface area contributed by atoms with Gasteiger partial charge in [0.25, 0.3) is 0 Å². The van der Waals surface area contributed by atoms with E-state index in [1.54, 1.807) is 0 Å². The Morgan fingerprint density at radius 1 is 1.33 bits per heavy atom. The first kappa shape index (κ1) is 13.6. The predicted molar refractivity (Wildman–Crippen MR) is 75.9 cm³/mol. The second-order valence-corrected chi connectivity index (χ2v) is 5.22. The van der Waals surface area contributed by atoms with Crippen molar-refractivity contribution in [2.75, 3.05) is 20.3 Å². The van der Waals surface area contributed by atoms with E-state index >= 15 is 0 Å². The Balaban J connectivity index is 2.13. The lowest BCUT2D eigenvalue weighted by Crippen LogP contribution is -2.42. The topological polar surface area (TPSA) is 21.3 Å². The molecule has 1 N–H and O–H groups in total. The molecule has 1 aromatic carbocycles. The Labute approximate surface area is 111 Å². The van der Waals surface area contributed by atoms with Gasteiger partial charge in [-0.05, 0) is 43.7 Å². The molecule has 2 heteroatoms. The molecule has 1 fully saturated rings. The van der Waals surface area contributed by atoms with Gasteiger partial charge in [0.15, 0.2) is 0 Å².